The van der Waals surface area contributed by atoms with Gasteiger partial charge in [0.2, 0.25) is 0 Å². The van der Waals surface area contributed by atoms with Crippen molar-refractivity contribution < 1.29 is 14.6 Å². The number of hydrogen-bond donors (Lipinski definition) is 1. The number of carbonyl (C=O) groups excluding carboxylic acids is 1. The Hall–Kier alpha value is -1.47. The molecule has 1 aromatic heterocycles. The van der Waals surface area contributed by atoms with Gasteiger partial charge in [0.05, 0.1) is 16.4 Å². The summed E-state index contributed by atoms with van der Waals surface area (Å²) in [4.78, 5) is 26.8. The summed E-state index contributed by atoms with van der Waals surface area (Å²) in [7, 11) is 0. The highest BCUT2D eigenvalue weighted by atomic mass is 32.1. The van der Waals surface area contributed by atoms with Gasteiger partial charge in [-0.15, -0.1) is 11.3 Å². The van der Waals surface area contributed by atoms with Crippen molar-refractivity contribution in [3.63, 3.8) is 0 Å². The normalized spacial score (nSPS) is 10.0. The highest BCUT2D eigenvalue weighted by Gasteiger charge is 2.19. The highest BCUT2D eigenvalue weighted by Crippen LogP contribution is 2.27. The van der Waals surface area contributed by atoms with E-state index in [0.29, 0.717) is 11.5 Å². The number of nitrogens with zero attached hydrogens (tertiary/aromatic N) is 1. The summed E-state index contributed by atoms with van der Waals surface area (Å²) < 4.78 is 0. The molecule has 0 unspecified atom stereocenters. The first-order valence-corrected chi connectivity index (χ1v) is 5.04. The Morgan fingerprint density at radius 1 is 1.73 bits per heavy atom. The van der Waals surface area contributed by atoms with E-state index in [1.165, 1.54) is 6.07 Å². The molecule has 82 valence electrons. The number of thiophene rings is 1. The Morgan fingerprint density at radius 3 is 2.87 bits per heavy atom. The van der Waals surface area contributed by atoms with Crippen LogP contribution in [0, 0.1) is 17.0 Å². The predicted molar refractivity (Wildman–Crippen MR) is 54.8 cm³/mol. The van der Waals surface area contributed by atoms with Gasteiger partial charge >= 0.3 is 0 Å². The van der Waals surface area contributed by atoms with Gasteiger partial charge in [-0.2, -0.15) is 0 Å². The molecule has 7 heteroatoms. The van der Waals surface area contributed by atoms with Gasteiger partial charge in [0.1, 0.15) is 4.88 Å². The molecule has 0 saturated heterocycles. The zero-order valence-electron chi connectivity index (χ0n) is 8.27. The minimum absolute atomic E-state index is 0.0401. The Bertz CT molecular complexity index is 388. The summed E-state index contributed by atoms with van der Waals surface area (Å²) in [5.41, 5.74) is 2.14. The van der Waals surface area contributed by atoms with E-state index in [1.54, 1.807) is 13.8 Å². The number of amides is 1. The molecule has 1 aromatic rings. The van der Waals surface area contributed by atoms with Crippen molar-refractivity contribution in [1.82, 2.24) is 5.48 Å². The summed E-state index contributed by atoms with van der Waals surface area (Å²) in [5, 5.41) is 10.5. The van der Waals surface area contributed by atoms with Crippen LogP contribution in [0.15, 0.2) is 6.07 Å². The van der Waals surface area contributed by atoms with E-state index < -0.39 is 10.8 Å². The monoisotopic (exact) mass is 230 g/mol. The van der Waals surface area contributed by atoms with Crippen LogP contribution < -0.4 is 5.48 Å². The Morgan fingerprint density at radius 2 is 2.40 bits per heavy atom. The van der Waals surface area contributed by atoms with Gasteiger partial charge in [-0.05, 0) is 13.8 Å². The fraction of sp³-hybridized carbons (Fsp3) is 0.375. The maximum absolute atomic E-state index is 11.3. The van der Waals surface area contributed by atoms with E-state index in [9.17, 15) is 14.9 Å². The number of nitro groups is 1. The van der Waals surface area contributed by atoms with Gasteiger partial charge in [-0.3, -0.25) is 19.7 Å². The molecule has 0 fully saturated rings. The molecule has 1 N–H and O–H groups in total. The average molecular weight is 230 g/mol. The van der Waals surface area contributed by atoms with Crippen molar-refractivity contribution >= 4 is 22.9 Å². The van der Waals surface area contributed by atoms with Gasteiger partial charge in [0.25, 0.3) is 11.6 Å². The lowest BCUT2D eigenvalue weighted by molar-refractivity contribution is -0.385. The number of hydroxylamine groups is 1. The fourth-order valence-electron chi connectivity index (χ4n) is 0.954. The minimum atomic E-state index is -0.511. The standard InChI is InChI=1S/C8H10N2O4S/c1-3-14-9-8(11)7-4-6(10(12)13)5(2)15-7/h4H,3H2,1-2H3,(H,9,11). The van der Waals surface area contributed by atoms with Crippen molar-refractivity contribution in [2.24, 2.45) is 0 Å². The van der Waals surface area contributed by atoms with Gasteiger partial charge in [-0.25, -0.2) is 5.48 Å². The largest absolute Gasteiger partial charge is 0.285 e. The van der Waals surface area contributed by atoms with Gasteiger partial charge in [-0.1, -0.05) is 0 Å². The topological polar surface area (TPSA) is 81.5 Å². The number of nitrogens with one attached hydrogen (secondary N) is 1. The third kappa shape index (κ3) is 2.74. The van der Waals surface area contributed by atoms with E-state index in [0.717, 1.165) is 11.3 Å². The van der Waals surface area contributed by atoms with Crippen LogP contribution in [-0.2, 0) is 4.84 Å². The molecule has 0 spiro atoms. The van der Waals surface area contributed by atoms with Gasteiger partial charge < -0.3 is 0 Å². The third-order valence-electron chi connectivity index (χ3n) is 1.62. The van der Waals surface area contributed by atoms with E-state index in [-0.39, 0.29) is 10.6 Å². The second-order valence-electron chi connectivity index (χ2n) is 2.67. The van der Waals surface area contributed by atoms with Gasteiger partial charge in [0, 0.05) is 6.07 Å². The highest BCUT2D eigenvalue weighted by molar-refractivity contribution is 7.14. The molecule has 1 rings (SSSR count). The smallest absolute Gasteiger partial charge is 0.274 e. The number of hydrogen-bond acceptors (Lipinski definition) is 5. The van der Waals surface area contributed by atoms with Gasteiger partial charge in [0.15, 0.2) is 0 Å². The fourth-order valence-corrected chi connectivity index (χ4v) is 1.83. The molecule has 0 atom stereocenters. The maximum Gasteiger partial charge on any atom is 0.285 e. The summed E-state index contributed by atoms with van der Waals surface area (Å²) >= 11 is 1.07. The molecule has 0 aliphatic carbocycles. The average Bonchev–Trinajstić information content (AvgIpc) is 2.56. The molecule has 0 aromatic carbocycles. The molecule has 0 aliphatic heterocycles. The van der Waals surface area contributed by atoms with Crippen molar-refractivity contribution in [1.29, 1.82) is 0 Å². The molecule has 15 heavy (non-hydrogen) atoms. The summed E-state index contributed by atoms with van der Waals surface area (Å²) in [6.07, 6.45) is 0. The third-order valence-corrected chi connectivity index (χ3v) is 2.66. The summed E-state index contributed by atoms with van der Waals surface area (Å²) in [6, 6.07) is 1.24. The maximum atomic E-state index is 11.3. The molecular formula is C8H10N2O4S. The molecule has 0 saturated carbocycles. The van der Waals surface area contributed by atoms with Crippen LogP contribution >= 0.6 is 11.3 Å². The molecule has 6 nitrogen and oxygen atoms in total. The minimum Gasteiger partial charge on any atom is -0.274 e. The predicted octanol–water partition coefficient (Wildman–Crippen LogP) is 1.65. The van der Waals surface area contributed by atoms with E-state index in [1.807, 2.05) is 0 Å². The van der Waals surface area contributed by atoms with Crippen LogP contribution in [0.25, 0.3) is 0 Å². The van der Waals surface area contributed by atoms with E-state index in [4.69, 9.17) is 4.84 Å². The molecule has 1 heterocycles. The zero-order valence-corrected chi connectivity index (χ0v) is 9.09. The lowest BCUT2D eigenvalue weighted by Crippen LogP contribution is -2.22. The van der Waals surface area contributed by atoms with Crippen LogP contribution in [0.4, 0.5) is 5.69 Å². The summed E-state index contributed by atoms with van der Waals surface area (Å²) in [6.45, 7) is 3.67. The Balaban J connectivity index is 2.83. The zero-order chi connectivity index (χ0) is 11.4. The Labute approximate surface area is 90.0 Å². The molecule has 0 bridgehead atoms. The van der Waals surface area contributed by atoms with Crippen LogP contribution in [0.5, 0.6) is 0 Å². The van der Waals surface area contributed by atoms with E-state index in [2.05, 4.69) is 5.48 Å². The Kier molecular flexibility index (Phi) is 3.75. The summed E-state index contributed by atoms with van der Waals surface area (Å²) in [5.74, 6) is -0.460. The molecule has 1 amide bonds. The number of aryl methyl sites for hydroxylation is 1. The first-order valence-electron chi connectivity index (χ1n) is 4.23. The van der Waals surface area contributed by atoms with Crippen molar-refractivity contribution in [2.45, 2.75) is 13.8 Å². The van der Waals surface area contributed by atoms with Crippen LogP contribution in [0.1, 0.15) is 21.5 Å². The van der Waals surface area contributed by atoms with Crippen molar-refractivity contribution in [3.8, 4) is 0 Å². The number of carbonyl (C=O) groups is 1. The SMILES string of the molecule is CCONC(=O)c1cc([N+](=O)[O-])c(C)s1. The van der Waals surface area contributed by atoms with Crippen LogP contribution in [0.3, 0.4) is 0 Å². The van der Waals surface area contributed by atoms with Crippen molar-refractivity contribution in [3.05, 3.63) is 25.9 Å². The quantitative estimate of drug-likeness (QED) is 0.629. The first-order chi connectivity index (χ1) is 7.06. The molecular weight excluding hydrogens is 220 g/mol. The molecule has 0 radical (unpaired) electrons. The number of rotatable bonds is 4. The lowest BCUT2D eigenvalue weighted by atomic mass is 10.4. The van der Waals surface area contributed by atoms with E-state index >= 15 is 0 Å². The van der Waals surface area contributed by atoms with Crippen LogP contribution in [0.2, 0.25) is 0 Å². The first kappa shape index (κ1) is 11.6. The lowest BCUT2D eigenvalue weighted by Gasteiger charge is -1.99. The second kappa shape index (κ2) is 4.85. The van der Waals surface area contributed by atoms with Crippen molar-refractivity contribution in [2.75, 3.05) is 6.61 Å². The molecule has 0 aliphatic rings. The second-order valence-corrected chi connectivity index (χ2v) is 3.93. The van der Waals surface area contributed by atoms with Crippen LogP contribution in [-0.4, -0.2) is 17.4 Å².